The van der Waals surface area contributed by atoms with Gasteiger partial charge in [0.2, 0.25) is 5.13 Å². The fraction of sp³-hybridized carbons (Fsp3) is 0.125. The zero-order valence-electron chi connectivity index (χ0n) is 17.7. The molecule has 0 atom stereocenters. The minimum atomic E-state index is -0.291. The summed E-state index contributed by atoms with van der Waals surface area (Å²) in [7, 11) is 1.65. The van der Waals surface area contributed by atoms with Crippen LogP contribution in [0, 0.1) is 5.82 Å². The smallest absolute Gasteiger partial charge is 0.206 e. The van der Waals surface area contributed by atoms with E-state index >= 15 is 0 Å². The number of aromatic nitrogens is 4. The number of para-hydroxylation sites is 2. The molecule has 0 radical (unpaired) electrons. The van der Waals surface area contributed by atoms with E-state index in [1.54, 1.807) is 13.2 Å². The first kappa shape index (κ1) is 21.4. The molecular formula is C24H20FN5OS2. The van der Waals surface area contributed by atoms with Gasteiger partial charge in [-0.05, 0) is 42.0 Å². The van der Waals surface area contributed by atoms with Crippen molar-refractivity contribution in [2.24, 2.45) is 0 Å². The Balaban J connectivity index is 1.31. The molecule has 166 valence electrons. The Labute approximate surface area is 198 Å². The molecule has 2 aromatic heterocycles. The van der Waals surface area contributed by atoms with Crippen LogP contribution in [0.5, 0.6) is 5.75 Å². The number of thioether (sulfide) groups is 1. The van der Waals surface area contributed by atoms with E-state index in [1.807, 2.05) is 65.2 Å². The first-order valence-electron chi connectivity index (χ1n) is 10.3. The average molecular weight is 478 g/mol. The van der Waals surface area contributed by atoms with Gasteiger partial charge in [-0.15, -0.1) is 10.2 Å². The van der Waals surface area contributed by atoms with E-state index in [0.29, 0.717) is 23.3 Å². The third-order valence-corrected chi connectivity index (χ3v) is 7.06. The van der Waals surface area contributed by atoms with E-state index in [2.05, 4.69) is 15.5 Å². The molecule has 1 N–H and O–H groups in total. The van der Waals surface area contributed by atoms with Gasteiger partial charge in [-0.2, -0.15) is 0 Å². The number of nitrogens with zero attached hydrogens (tertiary/aromatic N) is 4. The normalized spacial score (nSPS) is 11.1. The largest absolute Gasteiger partial charge is 0.497 e. The molecule has 3 aromatic carbocycles. The van der Waals surface area contributed by atoms with Gasteiger partial charge in [0, 0.05) is 12.2 Å². The number of hydrogen-bond donors (Lipinski definition) is 1. The lowest BCUT2D eigenvalue weighted by atomic mass is 10.2. The minimum absolute atomic E-state index is 0.291. The molecule has 0 aliphatic carbocycles. The molecular weight excluding hydrogens is 457 g/mol. The molecule has 0 saturated heterocycles. The molecule has 0 aliphatic heterocycles. The summed E-state index contributed by atoms with van der Waals surface area (Å²) in [4.78, 5) is 4.69. The monoisotopic (exact) mass is 477 g/mol. The summed E-state index contributed by atoms with van der Waals surface area (Å²) < 4.78 is 22.6. The molecule has 2 heterocycles. The van der Waals surface area contributed by atoms with E-state index < -0.39 is 0 Å². The number of hydrogen-bond acceptors (Lipinski definition) is 7. The first-order valence-corrected chi connectivity index (χ1v) is 12.1. The molecule has 33 heavy (non-hydrogen) atoms. The number of imidazole rings is 1. The van der Waals surface area contributed by atoms with E-state index in [1.165, 1.54) is 29.2 Å². The maximum absolute atomic E-state index is 14.7. The van der Waals surface area contributed by atoms with Gasteiger partial charge >= 0.3 is 0 Å². The van der Waals surface area contributed by atoms with Crippen molar-refractivity contribution in [3.63, 3.8) is 0 Å². The standard InChI is InChI=1S/C24H20FN5OS2/c1-31-18-12-10-16(11-13-18)14-26-23-28-29-24(33-23)32-15-21-27-20-9-5-8-19(25)22(20)30(21)17-6-3-2-4-7-17/h2-13H,14-15H2,1H3,(H,26,28). The van der Waals surface area contributed by atoms with Crippen LogP contribution in [0.3, 0.4) is 0 Å². The second kappa shape index (κ2) is 9.60. The lowest BCUT2D eigenvalue weighted by molar-refractivity contribution is 0.414. The molecule has 0 amide bonds. The number of methoxy groups -OCH3 is 1. The van der Waals surface area contributed by atoms with Crippen molar-refractivity contribution >= 4 is 39.3 Å². The number of nitrogens with one attached hydrogen (secondary N) is 1. The van der Waals surface area contributed by atoms with Crippen molar-refractivity contribution < 1.29 is 9.13 Å². The lowest BCUT2D eigenvalue weighted by Gasteiger charge is -2.09. The zero-order chi connectivity index (χ0) is 22.6. The van der Waals surface area contributed by atoms with Crippen LogP contribution < -0.4 is 10.1 Å². The Morgan fingerprint density at radius 1 is 1.00 bits per heavy atom. The number of rotatable bonds is 8. The van der Waals surface area contributed by atoms with Gasteiger partial charge < -0.3 is 10.1 Å². The Kier molecular flexibility index (Phi) is 6.23. The van der Waals surface area contributed by atoms with Crippen LogP contribution in [0.15, 0.2) is 77.1 Å². The van der Waals surface area contributed by atoms with Crippen molar-refractivity contribution in [1.82, 2.24) is 19.7 Å². The van der Waals surface area contributed by atoms with Gasteiger partial charge in [0.05, 0.1) is 18.4 Å². The van der Waals surface area contributed by atoms with Crippen molar-refractivity contribution in [1.29, 1.82) is 0 Å². The Morgan fingerprint density at radius 2 is 1.82 bits per heavy atom. The molecule has 0 bridgehead atoms. The van der Waals surface area contributed by atoms with Crippen LogP contribution in [0.1, 0.15) is 11.4 Å². The predicted octanol–water partition coefficient (Wildman–Crippen LogP) is 5.93. The first-order chi connectivity index (χ1) is 16.2. The van der Waals surface area contributed by atoms with Gasteiger partial charge in [-0.25, -0.2) is 9.37 Å². The number of halogens is 1. The molecule has 0 saturated carbocycles. The van der Waals surface area contributed by atoms with Gasteiger partial charge in [0.25, 0.3) is 0 Å². The summed E-state index contributed by atoms with van der Waals surface area (Å²) >= 11 is 3.02. The number of anilines is 1. The molecule has 0 spiro atoms. The van der Waals surface area contributed by atoms with E-state index in [0.717, 1.165) is 32.3 Å². The molecule has 0 fully saturated rings. The summed E-state index contributed by atoms with van der Waals surface area (Å²) in [6.07, 6.45) is 0. The number of ether oxygens (including phenoxy) is 1. The topological polar surface area (TPSA) is 64.9 Å². The fourth-order valence-electron chi connectivity index (χ4n) is 3.47. The number of benzene rings is 3. The molecule has 5 rings (SSSR count). The van der Waals surface area contributed by atoms with Gasteiger partial charge in [-0.1, -0.05) is 59.5 Å². The quantitative estimate of drug-likeness (QED) is 0.280. The molecule has 0 unspecified atom stereocenters. The zero-order valence-corrected chi connectivity index (χ0v) is 19.4. The van der Waals surface area contributed by atoms with Crippen molar-refractivity contribution in [2.75, 3.05) is 12.4 Å². The summed E-state index contributed by atoms with van der Waals surface area (Å²) in [6.45, 7) is 0.645. The van der Waals surface area contributed by atoms with E-state index in [9.17, 15) is 4.39 Å². The van der Waals surface area contributed by atoms with Gasteiger partial charge in [0.1, 0.15) is 22.9 Å². The van der Waals surface area contributed by atoms with Crippen molar-refractivity contribution in [3.8, 4) is 11.4 Å². The van der Waals surface area contributed by atoms with Crippen LogP contribution in [0.25, 0.3) is 16.7 Å². The minimum Gasteiger partial charge on any atom is -0.497 e. The lowest BCUT2D eigenvalue weighted by Crippen LogP contribution is -2.01. The van der Waals surface area contributed by atoms with Crippen LogP contribution in [0.4, 0.5) is 9.52 Å². The van der Waals surface area contributed by atoms with E-state index in [4.69, 9.17) is 9.72 Å². The maximum atomic E-state index is 14.7. The SMILES string of the molecule is COc1ccc(CNc2nnc(SCc3nc4cccc(F)c4n3-c3ccccc3)s2)cc1. The van der Waals surface area contributed by atoms with Crippen LogP contribution in [-0.2, 0) is 12.3 Å². The van der Waals surface area contributed by atoms with Crippen LogP contribution in [-0.4, -0.2) is 26.9 Å². The second-order valence-electron chi connectivity index (χ2n) is 7.17. The van der Waals surface area contributed by atoms with Gasteiger partial charge in [0.15, 0.2) is 4.34 Å². The fourth-order valence-corrected chi connectivity index (χ4v) is 5.14. The Morgan fingerprint density at radius 3 is 2.61 bits per heavy atom. The second-order valence-corrected chi connectivity index (χ2v) is 9.37. The highest BCUT2D eigenvalue weighted by Crippen LogP contribution is 2.31. The Hall–Kier alpha value is -3.43. The summed E-state index contributed by atoms with van der Waals surface area (Å²) in [5.41, 5.74) is 3.12. The molecule has 6 nitrogen and oxygen atoms in total. The molecule has 0 aliphatic rings. The maximum Gasteiger partial charge on any atom is 0.206 e. The third kappa shape index (κ3) is 4.69. The van der Waals surface area contributed by atoms with Crippen LogP contribution >= 0.6 is 23.1 Å². The molecule has 5 aromatic rings. The predicted molar refractivity (Wildman–Crippen MR) is 131 cm³/mol. The highest BCUT2D eigenvalue weighted by atomic mass is 32.2. The highest BCUT2D eigenvalue weighted by molar-refractivity contribution is 8.00. The highest BCUT2D eigenvalue weighted by Gasteiger charge is 2.17. The van der Waals surface area contributed by atoms with Crippen molar-refractivity contribution in [3.05, 3.63) is 90.0 Å². The van der Waals surface area contributed by atoms with Crippen LogP contribution in [0.2, 0.25) is 0 Å². The summed E-state index contributed by atoms with van der Waals surface area (Å²) in [6, 6.07) is 22.6. The average Bonchev–Trinajstić information content (AvgIpc) is 3.47. The summed E-state index contributed by atoms with van der Waals surface area (Å²) in [5, 5.41) is 12.6. The van der Waals surface area contributed by atoms with Crippen molar-refractivity contribution in [2.45, 2.75) is 16.6 Å². The number of fused-ring (bicyclic) bond motifs is 1. The van der Waals surface area contributed by atoms with Gasteiger partial charge in [-0.3, -0.25) is 4.57 Å². The Bertz CT molecular complexity index is 1370. The summed E-state index contributed by atoms with van der Waals surface area (Å²) in [5.74, 6) is 1.83. The van der Waals surface area contributed by atoms with E-state index in [-0.39, 0.29) is 5.82 Å². The molecule has 9 heteroatoms. The third-order valence-electron chi connectivity index (χ3n) is 5.05.